The molecule has 0 aliphatic carbocycles. The normalized spacial score (nSPS) is 10.6. The molecule has 3 rings (SSSR count). The van der Waals surface area contributed by atoms with Crippen molar-refractivity contribution in [2.75, 3.05) is 12.3 Å². The molecule has 1 amide bonds. The fraction of sp³-hybridized carbons (Fsp3) is 0.222. The molecule has 6 nitrogen and oxygen atoms in total. The van der Waals surface area contributed by atoms with E-state index in [-0.39, 0.29) is 12.5 Å². The predicted octanol–water partition coefficient (Wildman–Crippen LogP) is 2.39. The van der Waals surface area contributed by atoms with Gasteiger partial charge in [-0.15, -0.1) is 10.2 Å². The zero-order valence-corrected chi connectivity index (χ0v) is 14.5. The van der Waals surface area contributed by atoms with Crippen LogP contribution in [0.15, 0.2) is 60.7 Å². The van der Waals surface area contributed by atoms with Crippen LogP contribution in [0.3, 0.4) is 0 Å². The molecule has 7 heteroatoms. The Bertz CT molecular complexity index is 791. The number of carbonyl (C=O) groups excluding carboxylic acids is 1. The number of hydrogen-bond donors (Lipinski definition) is 1. The lowest BCUT2D eigenvalue weighted by Gasteiger charge is -2.04. The number of aromatic nitrogens is 4. The summed E-state index contributed by atoms with van der Waals surface area (Å²) in [5, 5.41) is 15.0. The molecule has 1 N–H and O–H groups in total. The maximum Gasteiger partial charge on any atom is 0.243 e. The van der Waals surface area contributed by atoms with Crippen molar-refractivity contribution in [1.29, 1.82) is 0 Å². The molecule has 1 heterocycles. The van der Waals surface area contributed by atoms with E-state index < -0.39 is 0 Å². The second-order valence-electron chi connectivity index (χ2n) is 5.40. The van der Waals surface area contributed by atoms with Gasteiger partial charge in [0.25, 0.3) is 0 Å². The molecule has 0 radical (unpaired) electrons. The number of amides is 1. The lowest BCUT2D eigenvalue weighted by atomic mass is 10.2. The van der Waals surface area contributed by atoms with Gasteiger partial charge in [0.15, 0.2) is 0 Å². The summed E-state index contributed by atoms with van der Waals surface area (Å²) >= 11 is 1.79. The molecule has 0 atom stereocenters. The van der Waals surface area contributed by atoms with Crippen molar-refractivity contribution in [2.24, 2.45) is 0 Å². The fourth-order valence-electron chi connectivity index (χ4n) is 2.22. The van der Waals surface area contributed by atoms with Gasteiger partial charge in [-0.1, -0.05) is 60.7 Å². The van der Waals surface area contributed by atoms with Crippen molar-refractivity contribution in [2.45, 2.75) is 12.3 Å². The lowest BCUT2D eigenvalue weighted by Crippen LogP contribution is -2.30. The van der Waals surface area contributed by atoms with Crippen LogP contribution in [0.5, 0.6) is 0 Å². The van der Waals surface area contributed by atoms with E-state index in [0.717, 1.165) is 17.1 Å². The van der Waals surface area contributed by atoms with E-state index in [1.165, 1.54) is 10.4 Å². The summed E-state index contributed by atoms with van der Waals surface area (Å²) in [5.41, 5.74) is 2.17. The molecule has 0 unspecified atom stereocenters. The first-order valence-corrected chi connectivity index (χ1v) is 9.18. The van der Waals surface area contributed by atoms with Gasteiger partial charge < -0.3 is 5.32 Å². The van der Waals surface area contributed by atoms with E-state index in [9.17, 15) is 4.79 Å². The van der Waals surface area contributed by atoms with E-state index in [4.69, 9.17) is 0 Å². The van der Waals surface area contributed by atoms with Crippen LogP contribution >= 0.6 is 11.8 Å². The largest absolute Gasteiger partial charge is 0.354 e. The van der Waals surface area contributed by atoms with Gasteiger partial charge in [0.2, 0.25) is 11.7 Å². The number of hydrogen-bond acceptors (Lipinski definition) is 5. The minimum Gasteiger partial charge on any atom is -0.354 e. The van der Waals surface area contributed by atoms with Gasteiger partial charge in [0.1, 0.15) is 6.54 Å². The molecule has 0 saturated carbocycles. The molecule has 0 aliphatic heterocycles. The average Bonchev–Trinajstić information content (AvgIpc) is 3.11. The highest BCUT2D eigenvalue weighted by Gasteiger charge is 2.08. The molecule has 0 aliphatic rings. The van der Waals surface area contributed by atoms with Crippen molar-refractivity contribution in [3.63, 3.8) is 0 Å². The third kappa shape index (κ3) is 5.42. The molecule has 25 heavy (non-hydrogen) atoms. The van der Waals surface area contributed by atoms with Gasteiger partial charge in [0.05, 0.1) is 0 Å². The quantitative estimate of drug-likeness (QED) is 0.630. The summed E-state index contributed by atoms with van der Waals surface area (Å²) in [4.78, 5) is 13.3. The van der Waals surface area contributed by atoms with Crippen LogP contribution in [-0.4, -0.2) is 38.4 Å². The van der Waals surface area contributed by atoms with E-state index in [2.05, 4.69) is 32.9 Å². The van der Waals surface area contributed by atoms with Crippen LogP contribution in [0.2, 0.25) is 0 Å². The smallest absolute Gasteiger partial charge is 0.243 e. The zero-order chi connectivity index (χ0) is 17.3. The summed E-state index contributed by atoms with van der Waals surface area (Å²) in [6.45, 7) is 0.694. The number of thioether (sulfide) groups is 1. The Kier molecular flexibility index (Phi) is 6.17. The Morgan fingerprint density at radius 3 is 2.52 bits per heavy atom. The number of nitrogens with zero attached hydrogens (tertiary/aromatic N) is 4. The van der Waals surface area contributed by atoms with Crippen LogP contribution in [0.1, 0.15) is 5.56 Å². The number of carbonyl (C=O) groups is 1. The Labute approximate surface area is 150 Å². The highest BCUT2D eigenvalue weighted by atomic mass is 32.2. The maximum absolute atomic E-state index is 11.9. The summed E-state index contributed by atoms with van der Waals surface area (Å²) < 4.78 is 0. The topological polar surface area (TPSA) is 72.7 Å². The minimum atomic E-state index is -0.114. The number of rotatable bonds is 8. The Balaban J connectivity index is 1.37. The first-order chi connectivity index (χ1) is 12.3. The summed E-state index contributed by atoms with van der Waals surface area (Å²) in [6, 6.07) is 19.9. The highest BCUT2D eigenvalue weighted by Crippen LogP contribution is 2.12. The fourth-order valence-corrected chi connectivity index (χ4v) is 3.04. The highest BCUT2D eigenvalue weighted by molar-refractivity contribution is 7.98. The Morgan fingerprint density at radius 2 is 1.76 bits per heavy atom. The molecular formula is C18H19N5OS. The first kappa shape index (κ1) is 17.2. The molecule has 1 aromatic heterocycles. The van der Waals surface area contributed by atoms with Gasteiger partial charge in [-0.2, -0.15) is 16.6 Å². The van der Waals surface area contributed by atoms with Crippen molar-refractivity contribution < 1.29 is 4.79 Å². The SMILES string of the molecule is O=C(Cn1nnc(-c2ccccc2)n1)NCCSCc1ccccc1. The number of nitrogens with one attached hydrogen (secondary N) is 1. The second kappa shape index (κ2) is 8.98. The molecule has 128 valence electrons. The minimum absolute atomic E-state index is 0.0726. The van der Waals surface area contributed by atoms with Crippen molar-refractivity contribution >= 4 is 17.7 Å². The monoisotopic (exact) mass is 353 g/mol. The predicted molar refractivity (Wildman–Crippen MR) is 98.9 cm³/mol. The standard InChI is InChI=1S/C18H19N5OS/c24-17(19-11-12-25-14-15-7-3-1-4-8-15)13-23-21-18(20-22-23)16-9-5-2-6-10-16/h1-10H,11-14H2,(H,19,24). The van der Waals surface area contributed by atoms with Crippen molar-refractivity contribution in [1.82, 2.24) is 25.5 Å². The molecule has 3 aromatic rings. The van der Waals surface area contributed by atoms with E-state index in [1.807, 2.05) is 48.5 Å². The van der Waals surface area contributed by atoms with Crippen molar-refractivity contribution in [3.8, 4) is 11.4 Å². The molecular weight excluding hydrogens is 334 g/mol. The molecule has 2 aromatic carbocycles. The van der Waals surface area contributed by atoms with Crippen LogP contribution in [0, 0.1) is 0 Å². The van der Waals surface area contributed by atoms with E-state index >= 15 is 0 Å². The van der Waals surface area contributed by atoms with E-state index in [0.29, 0.717) is 12.4 Å². The zero-order valence-electron chi connectivity index (χ0n) is 13.7. The molecule has 0 spiro atoms. The summed E-state index contributed by atoms with van der Waals surface area (Å²) in [7, 11) is 0. The summed E-state index contributed by atoms with van der Waals surface area (Å²) in [6.07, 6.45) is 0. The molecule has 0 bridgehead atoms. The van der Waals surface area contributed by atoms with E-state index in [1.54, 1.807) is 11.8 Å². The van der Waals surface area contributed by atoms with Crippen LogP contribution < -0.4 is 5.32 Å². The molecule has 0 fully saturated rings. The van der Waals surface area contributed by atoms with Gasteiger partial charge in [0, 0.05) is 23.6 Å². The van der Waals surface area contributed by atoms with Gasteiger partial charge in [-0.3, -0.25) is 4.79 Å². The van der Waals surface area contributed by atoms with Crippen LogP contribution in [-0.2, 0) is 17.1 Å². The summed E-state index contributed by atoms with van der Waals surface area (Å²) in [5.74, 6) is 2.21. The second-order valence-corrected chi connectivity index (χ2v) is 6.50. The lowest BCUT2D eigenvalue weighted by molar-refractivity contribution is -0.121. The van der Waals surface area contributed by atoms with Gasteiger partial charge in [-0.05, 0) is 10.8 Å². The average molecular weight is 353 g/mol. The first-order valence-electron chi connectivity index (χ1n) is 8.03. The van der Waals surface area contributed by atoms with Gasteiger partial charge in [-0.25, -0.2) is 0 Å². The number of tetrazole rings is 1. The van der Waals surface area contributed by atoms with Crippen molar-refractivity contribution in [3.05, 3.63) is 66.2 Å². The van der Waals surface area contributed by atoms with Crippen LogP contribution in [0.4, 0.5) is 0 Å². The van der Waals surface area contributed by atoms with Crippen LogP contribution in [0.25, 0.3) is 11.4 Å². The number of benzene rings is 2. The Hall–Kier alpha value is -2.67. The maximum atomic E-state index is 11.9. The van der Waals surface area contributed by atoms with Gasteiger partial charge >= 0.3 is 0 Å². The molecule has 0 saturated heterocycles. The third-order valence-electron chi connectivity index (χ3n) is 3.45. The Morgan fingerprint density at radius 1 is 1.04 bits per heavy atom. The third-order valence-corrected chi connectivity index (χ3v) is 4.48.